The summed E-state index contributed by atoms with van der Waals surface area (Å²) in [5.74, 6) is -0.347. The van der Waals surface area contributed by atoms with Gasteiger partial charge in [-0.3, -0.25) is 29.4 Å². The van der Waals surface area contributed by atoms with Crippen LogP contribution >= 0.6 is 0 Å². The van der Waals surface area contributed by atoms with Gasteiger partial charge in [0.15, 0.2) is 5.65 Å². The third-order valence-electron chi connectivity index (χ3n) is 11.0. The molecule has 1 unspecified atom stereocenters. The molecule has 3 N–H and O–H groups in total. The van der Waals surface area contributed by atoms with E-state index in [1.165, 1.54) is 6.33 Å². The minimum absolute atomic E-state index is 0.00227. The van der Waals surface area contributed by atoms with Crippen molar-refractivity contribution in [3.05, 3.63) is 90.3 Å². The van der Waals surface area contributed by atoms with Crippen LogP contribution in [0, 0.1) is 0 Å². The van der Waals surface area contributed by atoms with Crippen molar-refractivity contribution in [3.8, 4) is 22.8 Å². The Morgan fingerprint density at radius 1 is 0.768 bits per heavy atom. The zero-order valence-electron chi connectivity index (χ0n) is 30.3. The van der Waals surface area contributed by atoms with Gasteiger partial charge < -0.3 is 25.2 Å². The minimum atomic E-state index is -1.02. The van der Waals surface area contributed by atoms with Crippen LogP contribution in [0.2, 0.25) is 0 Å². The lowest BCUT2D eigenvalue weighted by molar-refractivity contribution is -0.136. The molecule has 2 aromatic heterocycles. The first-order valence-corrected chi connectivity index (χ1v) is 18.7. The number of benzene rings is 3. The van der Waals surface area contributed by atoms with Crippen LogP contribution < -0.4 is 20.7 Å². The number of urea groups is 1. The SMILES string of the molecule is Nc1ncnc2c1c(-c1ccc(Oc3ccccc3)cc1)nn2C1CCN(C(=O)N2CCN(c3ccc4c(c3)C(=O)N(C3CCC(=O)NC3=O)C4=O)CC2)CC1. The van der Waals surface area contributed by atoms with Gasteiger partial charge in [0.1, 0.15) is 35.4 Å². The standard InChI is InChI=1S/C40H38N10O6/c41-35-33-34(24-6-9-28(10-7-24)56-27-4-2-1-3-5-27)45-50(36(33)43-23-42-35)25-14-16-47(17-15-25)40(55)48-20-18-46(19-21-48)26-8-11-29-30(22-26)39(54)49(38(29)53)31-12-13-32(51)44-37(31)52/h1-11,22-23,25,31H,12-21H2,(H2,41,42,43)(H,44,51,52). The van der Waals surface area contributed by atoms with Crippen molar-refractivity contribution in [2.45, 2.75) is 37.8 Å². The number of nitrogens with zero attached hydrogens (tertiary/aromatic N) is 8. The van der Waals surface area contributed by atoms with Crippen molar-refractivity contribution >= 4 is 52.2 Å². The number of nitrogens with two attached hydrogens (primary N) is 1. The van der Waals surface area contributed by atoms with Gasteiger partial charge in [-0.25, -0.2) is 19.4 Å². The molecule has 0 aliphatic carbocycles. The second-order valence-electron chi connectivity index (χ2n) is 14.3. The van der Waals surface area contributed by atoms with E-state index in [4.69, 9.17) is 15.6 Å². The fourth-order valence-corrected chi connectivity index (χ4v) is 8.07. The van der Waals surface area contributed by atoms with Gasteiger partial charge in [0, 0.05) is 56.9 Å². The fourth-order valence-electron chi connectivity index (χ4n) is 8.07. The fraction of sp³-hybridized carbons (Fsp3) is 0.300. The molecule has 3 saturated heterocycles. The Balaban J connectivity index is 0.828. The summed E-state index contributed by atoms with van der Waals surface area (Å²) in [7, 11) is 0. The lowest BCUT2D eigenvalue weighted by atomic mass is 10.0. The van der Waals surface area contributed by atoms with E-state index < -0.39 is 29.7 Å². The number of aromatic nitrogens is 4. The first-order valence-electron chi connectivity index (χ1n) is 18.7. The lowest BCUT2D eigenvalue weighted by Gasteiger charge is -2.40. The summed E-state index contributed by atoms with van der Waals surface area (Å²) in [4.78, 5) is 79.9. The maximum atomic E-state index is 13.7. The van der Waals surface area contributed by atoms with Crippen molar-refractivity contribution in [1.82, 2.24) is 39.8 Å². The Bertz CT molecular complexity index is 2380. The molecule has 16 nitrogen and oxygen atoms in total. The third-order valence-corrected chi connectivity index (χ3v) is 11.0. The van der Waals surface area contributed by atoms with Crippen molar-refractivity contribution in [2.24, 2.45) is 0 Å². The van der Waals surface area contributed by atoms with Crippen LogP contribution in [0.25, 0.3) is 22.3 Å². The molecule has 0 spiro atoms. The molecule has 0 radical (unpaired) electrons. The quantitative estimate of drug-likeness (QED) is 0.240. The van der Waals surface area contributed by atoms with Gasteiger partial charge in [0.2, 0.25) is 11.8 Å². The Morgan fingerprint density at radius 3 is 2.20 bits per heavy atom. The Morgan fingerprint density at radius 2 is 1.46 bits per heavy atom. The first kappa shape index (κ1) is 34.9. The van der Waals surface area contributed by atoms with Crippen LogP contribution in [-0.2, 0) is 9.59 Å². The van der Waals surface area contributed by atoms with Gasteiger partial charge in [-0.05, 0) is 73.9 Å². The van der Waals surface area contributed by atoms with E-state index in [0.29, 0.717) is 80.4 Å². The molecule has 3 aromatic carbocycles. The van der Waals surface area contributed by atoms with Crippen LogP contribution in [0.15, 0.2) is 79.1 Å². The number of carbonyl (C=O) groups is 5. The highest BCUT2D eigenvalue weighted by atomic mass is 16.5. The van der Waals surface area contributed by atoms with E-state index in [1.54, 1.807) is 18.2 Å². The number of rotatable bonds is 6. The van der Waals surface area contributed by atoms with Crippen molar-refractivity contribution in [3.63, 3.8) is 0 Å². The van der Waals surface area contributed by atoms with Crippen molar-refractivity contribution in [1.29, 1.82) is 0 Å². The molecule has 9 rings (SSSR count). The molecular formula is C40H38N10O6. The Labute approximate surface area is 320 Å². The average Bonchev–Trinajstić information content (AvgIpc) is 3.73. The lowest BCUT2D eigenvalue weighted by Crippen LogP contribution is -2.54. The summed E-state index contributed by atoms with van der Waals surface area (Å²) in [6, 6.07) is 21.3. The molecule has 56 heavy (non-hydrogen) atoms. The second kappa shape index (κ2) is 14.1. The number of amides is 6. The van der Waals surface area contributed by atoms with Crippen LogP contribution in [0.5, 0.6) is 11.5 Å². The number of piperidine rings is 2. The molecule has 6 amide bonds. The van der Waals surface area contributed by atoms with Crippen LogP contribution in [0.1, 0.15) is 52.4 Å². The number of ether oxygens (including phenoxy) is 1. The third kappa shape index (κ3) is 6.21. The number of nitrogens with one attached hydrogen (secondary N) is 1. The van der Waals surface area contributed by atoms with E-state index in [0.717, 1.165) is 21.9 Å². The predicted molar refractivity (Wildman–Crippen MR) is 204 cm³/mol. The number of hydrogen-bond acceptors (Lipinski definition) is 11. The van der Waals surface area contributed by atoms with Crippen molar-refractivity contribution in [2.75, 3.05) is 49.9 Å². The summed E-state index contributed by atoms with van der Waals surface area (Å²) < 4.78 is 7.90. The number of fused-ring (bicyclic) bond motifs is 2. The number of imide groups is 2. The normalized spacial score (nSPS) is 19.1. The Kier molecular flexibility index (Phi) is 8.79. The van der Waals surface area contributed by atoms with E-state index in [9.17, 15) is 24.0 Å². The van der Waals surface area contributed by atoms with Gasteiger partial charge in [0.25, 0.3) is 11.8 Å². The van der Waals surface area contributed by atoms with Crippen LogP contribution in [0.3, 0.4) is 0 Å². The molecule has 3 fully saturated rings. The summed E-state index contributed by atoms with van der Waals surface area (Å²) >= 11 is 0. The summed E-state index contributed by atoms with van der Waals surface area (Å²) in [6.45, 7) is 3.17. The highest BCUT2D eigenvalue weighted by Gasteiger charge is 2.45. The van der Waals surface area contributed by atoms with E-state index in [1.807, 2.05) is 69.1 Å². The maximum absolute atomic E-state index is 13.7. The van der Waals surface area contributed by atoms with Gasteiger partial charge >= 0.3 is 6.03 Å². The molecule has 16 heteroatoms. The molecule has 5 aromatic rings. The number of carbonyl (C=O) groups excluding carboxylic acids is 5. The average molecular weight is 755 g/mol. The van der Waals surface area contributed by atoms with Crippen LogP contribution in [-0.4, -0.2) is 109 Å². The minimum Gasteiger partial charge on any atom is -0.457 e. The van der Waals surface area contributed by atoms with Gasteiger partial charge in [-0.1, -0.05) is 18.2 Å². The predicted octanol–water partition coefficient (Wildman–Crippen LogP) is 3.85. The number of anilines is 2. The van der Waals surface area contributed by atoms with Gasteiger partial charge in [-0.15, -0.1) is 0 Å². The maximum Gasteiger partial charge on any atom is 0.320 e. The van der Waals surface area contributed by atoms with Gasteiger partial charge in [-0.2, -0.15) is 5.10 Å². The summed E-state index contributed by atoms with van der Waals surface area (Å²) in [6.07, 6.45) is 2.99. The van der Waals surface area contributed by atoms with E-state index >= 15 is 0 Å². The number of likely N-dealkylation sites (tertiary alicyclic amines) is 1. The summed E-state index contributed by atoms with van der Waals surface area (Å²) in [5, 5.41) is 7.93. The number of para-hydroxylation sites is 1. The highest BCUT2D eigenvalue weighted by molar-refractivity contribution is 6.23. The molecule has 284 valence electrons. The number of piperazine rings is 1. The molecule has 1 atom stereocenters. The molecule has 4 aliphatic rings. The molecule has 6 heterocycles. The highest BCUT2D eigenvalue weighted by Crippen LogP contribution is 2.36. The molecule has 0 saturated carbocycles. The van der Waals surface area contributed by atoms with Crippen LogP contribution in [0.4, 0.5) is 16.3 Å². The second-order valence-corrected chi connectivity index (χ2v) is 14.3. The zero-order chi connectivity index (χ0) is 38.5. The van der Waals surface area contributed by atoms with E-state index in [-0.39, 0.29) is 36.0 Å². The summed E-state index contributed by atoms with van der Waals surface area (Å²) in [5.41, 5.74) is 9.82. The monoisotopic (exact) mass is 754 g/mol. The largest absolute Gasteiger partial charge is 0.457 e. The molecular weight excluding hydrogens is 717 g/mol. The molecule has 4 aliphatic heterocycles. The smallest absolute Gasteiger partial charge is 0.320 e. The van der Waals surface area contributed by atoms with Crippen molar-refractivity contribution < 1.29 is 28.7 Å². The number of hydrogen-bond donors (Lipinski definition) is 2. The topological polar surface area (TPSA) is 189 Å². The molecule has 0 bridgehead atoms. The number of nitrogen functional groups attached to an aromatic ring is 1. The first-order chi connectivity index (χ1) is 27.2. The van der Waals surface area contributed by atoms with E-state index in [2.05, 4.69) is 20.2 Å². The Hall–Kier alpha value is -6.84. The van der Waals surface area contributed by atoms with Gasteiger partial charge in [0.05, 0.1) is 22.6 Å². The zero-order valence-corrected chi connectivity index (χ0v) is 30.3.